The van der Waals surface area contributed by atoms with E-state index in [-0.39, 0.29) is 0 Å². The van der Waals surface area contributed by atoms with Crippen molar-refractivity contribution in [2.45, 2.75) is 13.3 Å². The Bertz CT molecular complexity index is 588. The molecule has 1 aromatic heterocycles. The smallest absolute Gasteiger partial charge is 0.129 e. The van der Waals surface area contributed by atoms with Gasteiger partial charge in [-0.25, -0.2) is 13.8 Å². The van der Waals surface area contributed by atoms with Crippen LogP contribution in [-0.2, 0) is 6.42 Å². The molecule has 0 saturated heterocycles. The van der Waals surface area contributed by atoms with E-state index in [1.165, 1.54) is 12.1 Å². The van der Waals surface area contributed by atoms with Crippen molar-refractivity contribution >= 4 is 21.7 Å². The molecule has 2 aromatic rings. The molecule has 19 heavy (non-hydrogen) atoms. The molecule has 2 rings (SSSR count). The highest BCUT2D eigenvalue weighted by Gasteiger charge is 2.04. The predicted octanol–water partition coefficient (Wildman–Crippen LogP) is 4.09. The second kappa shape index (κ2) is 6.10. The fourth-order valence-corrected chi connectivity index (χ4v) is 1.91. The van der Waals surface area contributed by atoms with Crippen LogP contribution in [0.5, 0.6) is 0 Å². The Kier molecular flexibility index (Phi) is 4.47. The molecule has 0 bridgehead atoms. The van der Waals surface area contributed by atoms with Gasteiger partial charge in [-0.2, -0.15) is 0 Å². The maximum atomic E-state index is 13.4. The van der Waals surface area contributed by atoms with Crippen molar-refractivity contribution in [1.29, 1.82) is 0 Å². The normalized spacial score (nSPS) is 10.5. The van der Waals surface area contributed by atoms with E-state index in [0.717, 1.165) is 22.1 Å². The van der Waals surface area contributed by atoms with Gasteiger partial charge in [0.1, 0.15) is 17.5 Å². The van der Waals surface area contributed by atoms with Crippen LogP contribution in [0.2, 0.25) is 0 Å². The van der Waals surface area contributed by atoms with Gasteiger partial charge in [-0.15, -0.1) is 0 Å². The molecular weight excluding hydrogens is 314 g/mol. The van der Waals surface area contributed by atoms with E-state index in [1.807, 2.05) is 19.1 Å². The molecule has 1 aromatic carbocycles. The van der Waals surface area contributed by atoms with Crippen LogP contribution in [0.25, 0.3) is 0 Å². The lowest BCUT2D eigenvalue weighted by Crippen LogP contribution is -2.08. The second-order valence-electron chi connectivity index (χ2n) is 4.18. The van der Waals surface area contributed by atoms with Crippen molar-refractivity contribution in [3.63, 3.8) is 0 Å². The first-order valence-electron chi connectivity index (χ1n) is 5.87. The summed E-state index contributed by atoms with van der Waals surface area (Å²) >= 11 is 3.38. The molecule has 1 heterocycles. The highest BCUT2D eigenvalue weighted by Crippen LogP contribution is 2.16. The first-order valence-corrected chi connectivity index (χ1v) is 6.66. The van der Waals surface area contributed by atoms with Gasteiger partial charge >= 0.3 is 0 Å². The van der Waals surface area contributed by atoms with Crippen LogP contribution in [0.4, 0.5) is 14.6 Å². The monoisotopic (exact) mass is 326 g/mol. The zero-order valence-corrected chi connectivity index (χ0v) is 12.0. The maximum Gasteiger partial charge on any atom is 0.129 e. The van der Waals surface area contributed by atoms with Crippen LogP contribution in [0.15, 0.2) is 34.8 Å². The summed E-state index contributed by atoms with van der Waals surface area (Å²) in [4.78, 5) is 4.33. The third-order valence-electron chi connectivity index (χ3n) is 2.74. The van der Waals surface area contributed by atoms with E-state index >= 15 is 0 Å². The Balaban J connectivity index is 1.94. The zero-order chi connectivity index (χ0) is 13.8. The molecule has 1 N–H and O–H groups in total. The van der Waals surface area contributed by atoms with E-state index in [9.17, 15) is 8.78 Å². The summed E-state index contributed by atoms with van der Waals surface area (Å²) in [5.41, 5.74) is 1.38. The fraction of sp³-hybridized carbons (Fsp3) is 0.214. The molecule has 0 spiro atoms. The van der Waals surface area contributed by atoms with Gasteiger partial charge in [-0.05, 0) is 53.0 Å². The molecule has 0 fully saturated rings. The van der Waals surface area contributed by atoms with Crippen molar-refractivity contribution in [3.8, 4) is 0 Å². The second-order valence-corrected chi connectivity index (χ2v) is 5.03. The minimum atomic E-state index is -0.556. The molecule has 0 atom stereocenters. The third kappa shape index (κ3) is 3.73. The molecule has 0 radical (unpaired) electrons. The third-order valence-corrected chi connectivity index (χ3v) is 3.58. The molecule has 0 saturated carbocycles. The summed E-state index contributed by atoms with van der Waals surface area (Å²) in [5, 5.41) is 3.11. The Morgan fingerprint density at radius 2 is 2.00 bits per heavy atom. The Morgan fingerprint density at radius 3 is 2.68 bits per heavy atom. The SMILES string of the molecule is Cc1nc(NCCc2ccc(F)cc2F)ccc1Br. The van der Waals surface area contributed by atoms with Gasteiger partial charge in [0.25, 0.3) is 0 Å². The van der Waals surface area contributed by atoms with Gasteiger partial charge in [0.2, 0.25) is 0 Å². The van der Waals surface area contributed by atoms with Crippen molar-refractivity contribution in [2.75, 3.05) is 11.9 Å². The fourth-order valence-electron chi connectivity index (χ4n) is 1.69. The predicted molar refractivity (Wildman–Crippen MR) is 75.2 cm³/mol. The molecule has 100 valence electrons. The van der Waals surface area contributed by atoms with Gasteiger partial charge in [0.15, 0.2) is 0 Å². The van der Waals surface area contributed by atoms with Gasteiger partial charge in [0.05, 0.1) is 5.69 Å². The van der Waals surface area contributed by atoms with Gasteiger partial charge in [-0.3, -0.25) is 0 Å². The van der Waals surface area contributed by atoms with E-state index in [0.29, 0.717) is 18.5 Å². The average molecular weight is 327 g/mol. The number of aromatic nitrogens is 1. The Labute approximate surface area is 119 Å². The van der Waals surface area contributed by atoms with E-state index in [2.05, 4.69) is 26.2 Å². The molecule has 5 heteroatoms. The number of anilines is 1. The molecular formula is C14H13BrF2N2. The molecule has 2 nitrogen and oxygen atoms in total. The van der Waals surface area contributed by atoms with Crippen molar-refractivity contribution < 1.29 is 8.78 Å². The minimum absolute atomic E-state index is 0.475. The summed E-state index contributed by atoms with van der Waals surface area (Å²) < 4.78 is 27.1. The minimum Gasteiger partial charge on any atom is -0.370 e. The first kappa shape index (κ1) is 13.9. The maximum absolute atomic E-state index is 13.4. The lowest BCUT2D eigenvalue weighted by atomic mass is 10.1. The summed E-state index contributed by atoms with van der Waals surface area (Å²) in [6, 6.07) is 7.38. The largest absolute Gasteiger partial charge is 0.370 e. The topological polar surface area (TPSA) is 24.9 Å². The van der Waals surface area contributed by atoms with Crippen molar-refractivity contribution in [1.82, 2.24) is 4.98 Å². The Morgan fingerprint density at radius 1 is 1.21 bits per heavy atom. The number of nitrogens with zero attached hydrogens (tertiary/aromatic N) is 1. The van der Waals surface area contributed by atoms with Crippen LogP contribution in [0.1, 0.15) is 11.3 Å². The molecule has 0 amide bonds. The summed E-state index contributed by atoms with van der Waals surface area (Å²) in [6.45, 7) is 2.44. The Hall–Kier alpha value is -1.49. The van der Waals surface area contributed by atoms with Crippen LogP contribution in [0.3, 0.4) is 0 Å². The quantitative estimate of drug-likeness (QED) is 0.915. The summed E-state index contributed by atoms with van der Waals surface area (Å²) in [7, 11) is 0. The number of halogens is 3. The summed E-state index contributed by atoms with van der Waals surface area (Å²) in [6.07, 6.45) is 0.475. The van der Waals surface area contributed by atoms with Gasteiger partial charge < -0.3 is 5.32 Å². The molecule has 0 unspecified atom stereocenters. The average Bonchev–Trinajstić information content (AvgIpc) is 2.36. The number of benzene rings is 1. The number of hydrogen-bond donors (Lipinski definition) is 1. The van der Waals surface area contributed by atoms with Gasteiger partial charge in [-0.1, -0.05) is 6.07 Å². The lowest BCUT2D eigenvalue weighted by molar-refractivity contribution is 0.572. The van der Waals surface area contributed by atoms with Crippen molar-refractivity contribution in [2.24, 2.45) is 0 Å². The molecule has 0 aliphatic rings. The standard InChI is InChI=1S/C14H13BrF2N2/c1-9-12(15)4-5-14(19-9)18-7-6-10-2-3-11(16)8-13(10)17/h2-5,8H,6-7H2,1H3,(H,18,19). The number of aryl methyl sites for hydroxylation is 1. The van der Waals surface area contributed by atoms with Crippen LogP contribution in [-0.4, -0.2) is 11.5 Å². The zero-order valence-electron chi connectivity index (χ0n) is 10.4. The van der Waals surface area contributed by atoms with Crippen molar-refractivity contribution in [3.05, 3.63) is 57.7 Å². The highest BCUT2D eigenvalue weighted by molar-refractivity contribution is 9.10. The number of pyridine rings is 1. The van der Waals surface area contributed by atoms with E-state index < -0.39 is 11.6 Å². The van der Waals surface area contributed by atoms with E-state index in [4.69, 9.17) is 0 Å². The van der Waals surface area contributed by atoms with Crippen LogP contribution in [0, 0.1) is 18.6 Å². The lowest BCUT2D eigenvalue weighted by Gasteiger charge is -2.08. The number of hydrogen-bond acceptors (Lipinski definition) is 2. The van der Waals surface area contributed by atoms with Gasteiger partial charge in [0, 0.05) is 17.1 Å². The number of nitrogens with one attached hydrogen (secondary N) is 1. The highest BCUT2D eigenvalue weighted by atomic mass is 79.9. The molecule has 0 aliphatic carbocycles. The first-order chi connectivity index (χ1) is 9.06. The van der Waals surface area contributed by atoms with Crippen LogP contribution < -0.4 is 5.32 Å². The van der Waals surface area contributed by atoms with Crippen LogP contribution >= 0.6 is 15.9 Å². The summed E-state index contributed by atoms with van der Waals surface area (Å²) in [5.74, 6) is -0.329. The van der Waals surface area contributed by atoms with E-state index in [1.54, 1.807) is 0 Å². The number of rotatable bonds is 4. The molecule has 0 aliphatic heterocycles.